The fourth-order valence-electron chi connectivity index (χ4n) is 2.91. The molecule has 0 radical (unpaired) electrons. The second-order valence-electron chi connectivity index (χ2n) is 5.41. The Kier molecular flexibility index (Phi) is 5.42. The molecule has 6 heteroatoms. The highest BCUT2D eigenvalue weighted by Gasteiger charge is 2.16. The molecule has 0 saturated heterocycles. The number of thiazole rings is 1. The van der Waals surface area contributed by atoms with Gasteiger partial charge in [-0.25, -0.2) is 9.37 Å². The molecule has 0 spiro atoms. The van der Waals surface area contributed by atoms with Crippen LogP contribution in [0.5, 0.6) is 0 Å². The van der Waals surface area contributed by atoms with E-state index in [4.69, 9.17) is 0 Å². The van der Waals surface area contributed by atoms with Crippen molar-refractivity contribution in [1.82, 2.24) is 9.55 Å². The molecule has 3 aromatic rings. The number of rotatable bonds is 5. The molecule has 0 aliphatic heterocycles. The highest BCUT2D eigenvalue weighted by atomic mass is 35.5. The summed E-state index contributed by atoms with van der Waals surface area (Å²) in [5, 5.41) is 1.97. The van der Waals surface area contributed by atoms with Gasteiger partial charge in [0.05, 0.1) is 36.7 Å². The standard InChI is InChI=1S/C16H20FN3S.ClH/c1-4-19(5-2)8-9-20-14-7-6-12(17)10-13(14)15-16(20)21-11(3)18-15;/h6-7,10H,4-5,8-9H2,1-3H3;1H. The molecular weight excluding hydrogens is 321 g/mol. The molecule has 1 aromatic carbocycles. The molecule has 0 aliphatic carbocycles. The van der Waals surface area contributed by atoms with Gasteiger partial charge in [-0.3, -0.25) is 0 Å². The van der Waals surface area contributed by atoms with Crippen LogP contribution >= 0.6 is 11.3 Å². The third-order valence-corrected chi connectivity index (χ3v) is 5.15. The smallest absolute Gasteiger partial charge is 0.124 e. The van der Waals surface area contributed by atoms with Gasteiger partial charge >= 0.3 is 0 Å². The van der Waals surface area contributed by atoms with E-state index in [0.29, 0.717) is 0 Å². The van der Waals surface area contributed by atoms with Gasteiger partial charge < -0.3 is 21.9 Å². The van der Waals surface area contributed by atoms with Gasteiger partial charge in [0.15, 0.2) is 0 Å². The summed E-state index contributed by atoms with van der Waals surface area (Å²) in [5.74, 6) is -0.193. The van der Waals surface area contributed by atoms with Crippen LogP contribution in [0.1, 0.15) is 18.9 Å². The first-order chi connectivity index (χ1) is 10.1. The lowest BCUT2D eigenvalue weighted by atomic mass is 10.2. The first kappa shape index (κ1) is 17.2. The summed E-state index contributed by atoms with van der Waals surface area (Å²) in [7, 11) is 0. The van der Waals surface area contributed by atoms with Crippen molar-refractivity contribution < 1.29 is 21.7 Å². The number of fused-ring (bicyclic) bond motifs is 3. The first-order valence-corrected chi connectivity index (χ1v) is 8.34. The Balaban J connectivity index is 0.00000176. The molecule has 0 bridgehead atoms. The number of hydrogen-bond acceptors (Lipinski definition) is 2. The first-order valence-electron chi connectivity index (χ1n) is 7.52. The van der Waals surface area contributed by atoms with Crippen molar-refractivity contribution in [1.29, 1.82) is 0 Å². The normalized spacial score (nSPS) is 11.5. The molecule has 3 rings (SSSR count). The molecule has 1 N–H and O–H groups in total. The summed E-state index contributed by atoms with van der Waals surface area (Å²) < 4.78 is 15.9. The molecular formula is C16H21ClFN3S. The topological polar surface area (TPSA) is 22.3 Å². The van der Waals surface area contributed by atoms with Crippen LogP contribution in [0.15, 0.2) is 18.2 Å². The summed E-state index contributed by atoms with van der Waals surface area (Å²) >= 11 is 1.70. The van der Waals surface area contributed by atoms with Gasteiger partial charge in [0.2, 0.25) is 0 Å². The summed E-state index contributed by atoms with van der Waals surface area (Å²) in [6, 6.07) is 5.03. The van der Waals surface area contributed by atoms with E-state index in [1.807, 2.05) is 13.0 Å². The molecule has 0 aliphatic rings. The number of aryl methyl sites for hydroxylation is 1. The van der Waals surface area contributed by atoms with Gasteiger partial charge in [-0.2, -0.15) is 0 Å². The van der Waals surface area contributed by atoms with Gasteiger partial charge in [0, 0.05) is 5.39 Å². The van der Waals surface area contributed by atoms with Crippen LogP contribution < -0.4 is 17.3 Å². The van der Waals surface area contributed by atoms with Crippen LogP contribution in [0.25, 0.3) is 21.3 Å². The average molecular weight is 342 g/mol. The molecule has 0 atom stereocenters. The molecule has 3 nitrogen and oxygen atoms in total. The Labute approximate surface area is 140 Å². The third kappa shape index (κ3) is 2.98. The minimum atomic E-state index is -0.193. The van der Waals surface area contributed by atoms with Crippen LogP contribution in [0, 0.1) is 12.7 Å². The largest absolute Gasteiger partial charge is 1.00 e. The summed E-state index contributed by atoms with van der Waals surface area (Å²) in [6.45, 7) is 10.7. The van der Waals surface area contributed by atoms with Crippen molar-refractivity contribution in [3.05, 3.63) is 29.0 Å². The molecule has 120 valence electrons. The fraction of sp³-hybridized carbons (Fsp3) is 0.438. The number of benzene rings is 1. The molecule has 2 heterocycles. The molecule has 0 fully saturated rings. The van der Waals surface area contributed by atoms with E-state index in [1.54, 1.807) is 28.4 Å². The molecule has 22 heavy (non-hydrogen) atoms. The van der Waals surface area contributed by atoms with Crippen LogP contribution in [-0.2, 0) is 6.54 Å². The van der Waals surface area contributed by atoms with E-state index >= 15 is 0 Å². The summed E-state index contributed by atoms with van der Waals surface area (Å²) in [6.07, 6.45) is 0. The van der Waals surface area contributed by atoms with Gasteiger partial charge in [-0.15, -0.1) is 11.3 Å². The van der Waals surface area contributed by atoms with Crippen LogP contribution in [0.3, 0.4) is 0 Å². The van der Waals surface area contributed by atoms with Crippen molar-refractivity contribution in [2.75, 3.05) is 19.6 Å². The third-order valence-electron chi connectivity index (χ3n) is 4.15. The minimum absolute atomic E-state index is 0. The highest BCUT2D eigenvalue weighted by molar-refractivity contribution is 7.18. The maximum absolute atomic E-state index is 13.6. The lowest BCUT2D eigenvalue weighted by Gasteiger charge is -2.16. The molecule has 2 aromatic heterocycles. The van der Waals surface area contributed by atoms with Gasteiger partial charge in [-0.05, 0) is 39.0 Å². The van der Waals surface area contributed by atoms with Crippen molar-refractivity contribution in [3.63, 3.8) is 0 Å². The van der Waals surface area contributed by atoms with Gasteiger partial charge in [0.1, 0.15) is 16.2 Å². The maximum atomic E-state index is 13.6. The zero-order valence-electron chi connectivity index (χ0n) is 13.1. The average Bonchev–Trinajstić information content (AvgIpc) is 2.97. The lowest BCUT2D eigenvalue weighted by molar-refractivity contribution is -0.897. The van der Waals surface area contributed by atoms with Crippen molar-refractivity contribution in [2.45, 2.75) is 27.3 Å². The van der Waals surface area contributed by atoms with Crippen LogP contribution in [-0.4, -0.2) is 29.2 Å². The second-order valence-corrected chi connectivity index (χ2v) is 6.59. The van der Waals surface area contributed by atoms with Crippen LogP contribution in [0.2, 0.25) is 0 Å². The van der Waals surface area contributed by atoms with E-state index in [9.17, 15) is 4.39 Å². The summed E-state index contributed by atoms with van der Waals surface area (Å²) in [4.78, 5) is 7.34. The van der Waals surface area contributed by atoms with Gasteiger partial charge in [0.25, 0.3) is 0 Å². The Morgan fingerprint density at radius 2 is 2.00 bits per heavy atom. The Morgan fingerprint density at radius 1 is 1.27 bits per heavy atom. The molecule has 0 saturated carbocycles. The SMILES string of the molecule is CC[NH+](CC)CCn1c2ccc(F)cc2c2nc(C)sc21.[Cl-]. The van der Waals surface area contributed by atoms with Crippen molar-refractivity contribution >= 4 is 32.6 Å². The fourth-order valence-corrected chi connectivity index (χ4v) is 3.88. The van der Waals surface area contributed by atoms with Crippen molar-refractivity contribution in [2.24, 2.45) is 0 Å². The number of nitrogens with one attached hydrogen (secondary N) is 1. The van der Waals surface area contributed by atoms with E-state index in [1.165, 1.54) is 4.83 Å². The minimum Gasteiger partial charge on any atom is -1.00 e. The van der Waals surface area contributed by atoms with E-state index in [-0.39, 0.29) is 18.2 Å². The van der Waals surface area contributed by atoms with E-state index in [2.05, 4.69) is 23.4 Å². The number of halogens is 2. The Hall–Kier alpha value is -1.17. The highest BCUT2D eigenvalue weighted by Crippen LogP contribution is 2.32. The summed E-state index contributed by atoms with van der Waals surface area (Å²) in [5.41, 5.74) is 2.04. The number of quaternary nitrogens is 1. The lowest BCUT2D eigenvalue weighted by Crippen LogP contribution is -3.11. The number of aromatic nitrogens is 2. The Bertz CT molecular complexity index is 776. The molecule has 0 unspecified atom stereocenters. The number of nitrogens with zero attached hydrogens (tertiary/aromatic N) is 2. The monoisotopic (exact) mass is 341 g/mol. The number of likely N-dealkylation sites (N-methyl/N-ethyl adjacent to an activating group) is 1. The van der Waals surface area contributed by atoms with E-state index < -0.39 is 0 Å². The predicted octanol–water partition coefficient (Wildman–Crippen LogP) is -0.373. The number of hydrogen-bond donors (Lipinski definition) is 1. The van der Waals surface area contributed by atoms with Crippen LogP contribution in [0.4, 0.5) is 4.39 Å². The predicted molar refractivity (Wildman–Crippen MR) is 86.7 cm³/mol. The zero-order chi connectivity index (χ0) is 15.0. The van der Waals surface area contributed by atoms with E-state index in [0.717, 1.165) is 47.6 Å². The zero-order valence-corrected chi connectivity index (χ0v) is 14.7. The maximum Gasteiger partial charge on any atom is 0.124 e. The Morgan fingerprint density at radius 3 is 2.68 bits per heavy atom. The second kappa shape index (κ2) is 6.94. The van der Waals surface area contributed by atoms with Crippen molar-refractivity contribution in [3.8, 4) is 0 Å². The molecule has 0 amide bonds. The van der Waals surface area contributed by atoms with Gasteiger partial charge in [-0.1, -0.05) is 0 Å². The quantitative estimate of drug-likeness (QED) is 0.672.